The van der Waals surface area contributed by atoms with Gasteiger partial charge in [0.25, 0.3) is 0 Å². The first kappa shape index (κ1) is 30.7. The van der Waals surface area contributed by atoms with E-state index in [0.717, 1.165) is 11.8 Å². The predicted molar refractivity (Wildman–Crippen MR) is 129 cm³/mol. The molecule has 0 saturated carbocycles. The molecule has 0 saturated heterocycles. The van der Waals surface area contributed by atoms with Crippen LogP contribution in [0.2, 0.25) is 0 Å². The zero-order valence-corrected chi connectivity index (χ0v) is 20.4. The van der Waals surface area contributed by atoms with Gasteiger partial charge >= 0.3 is 11.9 Å². The number of amides is 2. The van der Waals surface area contributed by atoms with Crippen molar-refractivity contribution < 1.29 is 39.0 Å². The number of carbonyl (C=O) groups excluding carboxylic acids is 4. The molecule has 200 valence electrons. The number of carboxylic acid groups (broad SMARTS) is 2. The van der Waals surface area contributed by atoms with Crippen molar-refractivity contribution in [2.75, 3.05) is 18.8 Å². The van der Waals surface area contributed by atoms with E-state index in [1.54, 1.807) is 0 Å². The first-order valence-corrected chi connectivity index (χ1v) is 12.1. The molecule has 0 aliphatic heterocycles. The molecular weight excluding hydrogens is 496 g/mol. The lowest BCUT2D eigenvalue weighted by atomic mass is 9.96. The van der Waals surface area contributed by atoms with Crippen LogP contribution < -0.4 is 22.1 Å². The highest BCUT2D eigenvalue weighted by molar-refractivity contribution is 8.13. The molecule has 0 fully saturated rings. The molecule has 1 heterocycles. The number of carbonyl (C=O) groups is 6. The Labute approximate surface area is 211 Å². The van der Waals surface area contributed by atoms with E-state index in [9.17, 15) is 28.8 Å². The third-order valence-electron chi connectivity index (χ3n) is 4.95. The minimum absolute atomic E-state index is 0.0415. The van der Waals surface area contributed by atoms with Crippen molar-refractivity contribution >= 4 is 46.4 Å². The number of ketones is 1. The van der Waals surface area contributed by atoms with Crippen LogP contribution >= 0.6 is 11.8 Å². The largest absolute Gasteiger partial charge is 0.480 e. The lowest BCUT2D eigenvalue weighted by Gasteiger charge is -2.19. The summed E-state index contributed by atoms with van der Waals surface area (Å²) in [5.41, 5.74) is 11.5. The average molecular weight is 529 g/mol. The standard InChI is InChI=1S/C21H32N6O8S/c22-5-1-2-14(28)7-12(6-13-8-24-11-26-13)21(35)36-10-16(19(32)25-9-18(30)31)27-17(29)4-3-15(23)20(33)34/h8,11-12,15-16H,1-7,9-10,22-23H2,(H,24,26)(H,25,32)(H,27,29)(H,30,31)(H,33,34)/t12-,15?,16?/m1/s1. The van der Waals surface area contributed by atoms with Gasteiger partial charge in [0.05, 0.1) is 6.33 Å². The lowest BCUT2D eigenvalue weighted by Crippen LogP contribution is -2.49. The number of Topliss-reactive ketones (excluding diaryl/α,β-unsaturated/α-hetero) is 1. The molecule has 14 nitrogen and oxygen atoms in total. The maximum absolute atomic E-state index is 13.0. The Morgan fingerprint density at radius 3 is 2.44 bits per heavy atom. The van der Waals surface area contributed by atoms with Crippen molar-refractivity contribution in [1.82, 2.24) is 20.6 Å². The lowest BCUT2D eigenvalue weighted by molar-refractivity contribution is -0.139. The summed E-state index contributed by atoms with van der Waals surface area (Å²) >= 11 is 0.722. The Bertz CT molecular complexity index is 910. The number of aromatic nitrogens is 2. The van der Waals surface area contributed by atoms with Gasteiger partial charge in [-0.1, -0.05) is 11.8 Å². The van der Waals surface area contributed by atoms with Gasteiger partial charge in [0, 0.05) is 49.2 Å². The summed E-state index contributed by atoms with van der Waals surface area (Å²) < 4.78 is 0. The van der Waals surface area contributed by atoms with Crippen molar-refractivity contribution in [1.29, 1.82) is 0 Å². The monoisotopic (exact) mass is 528 g/mol. The Morgan fingerprint density at radius 2 is 1.86 bits per heavy atom. The molecule has 0 aliphatic rings. The van der Waals surface area contributed by atoms with Crippen LogP contribution in [0.15, 0.2) is 12.5 Å². The van der Waals surface area contributed by atoms with Gasteiger partial charge in [-0.25, -0.2) is 4.98 Å². The number of H-pyrrole nitrogens is 1. The van der Waals surface area contributed by atoms with E-state index in [1.807, 2.05) is 0 Å². The van der Waals surface area contributed by atoms with Crippen LogP contribution in [0, 0.1) is 5.92 Å². The van der Waals surface area contributed by atoms with E-state index in [0.29, 0.717) is 18.7 Å². The molecule has 1 aromatic rings. The van der Waals surface area contributed by atoms with Crippen molar-refractivity contribution in [3.63, 3.8) is 0 Å². The van der Waals surface area contributed by atoms with Crippen molar-refractivity contribution in [2.45, 2.75) is 50.6 Å². The molecule has 3 atom stereocenters. The van der Waals surface area contributed by atoms with Crippen LogP contribution in [0.25, 0.3) is 0 Å². The fourth-order valence-corrected chi connectivity index (χ4v) is 3.97. The SMILES string of the molecule is NCCCC(=O)C[C@@H](Cc1cnc[nH]1)C(=O)SCC(NC(=O)CCC(N)C(=O)O)C(=O)NCC(=O)O. The number of nitrogens with zero attached hydrogens (tertiary/aromatic N) is 1. The van der Waals surface area contributed by atoms with Gasteiger partial charge in [0.15, 0.2) is 5.12 Å². The van der Waals surface area contributed by atoms with E-state index in [-0.39, 0.29) is 43.6 Å². The Hall–Kier alpha value is -3.30. The van der Waals surface area contributed by atoms with E-state index >= 15 is 0 Å². The number of carboxylic acids is 2. The molecule has 0 aromatic carbocycles. The number of nitrogens with two attached hydrogens (primary N) is 2. The molecule has 15 heteroatoms. The molecule has 0 radical (unpaired) electrons. The maximum Gasteiger partial charge on any atom is 0.322 e. The van der Waals surface area contributed by atoms with Crippen LogP contribution in [0.1, 0.15) is 37.8 Å². The molecule has 1 aromatic heterocycles. The zero-order valence-electron chi connectivity index (χ0n) is 19.6. The topological polar surface area (TPSA) is 248 Å². The van der Waals surface area contributed by atoms with E-state index in [1.165, 1.54) is 12.5 Å². The van der Waals surface area contributed by atoms with Gasteiger partial charge in [0.1, 0.15) is 24.4 Å². The molecule has 0 bridgehead atoms. The molecular formula is C21H32N6O8S. The summed E-state index contributed by atoms with van der Waals surface area (Å²) in [6.07, 6.45) is 3.35. The van der Waals surface area contributed by atoms with Gasteiger partial charge in [-0.2, -0.15) is 0 Å². The first-order valence-electron chi connectivity index (χ1n) is 11.2. The molecule has 2 unspecified atom stereocenters. The number of rotatable bonds is 18. The van der Waals surface area contributed by atoms with Gasteiger partial charge in [-0.15, -0.1) is 0 Å². The van der Waals surface area contributed by atoms with Crippen LogP contribution in [0.5, 0.6) is 0 Å². The molecule has 0 aliphatic carbocycles. The van der Waals surface area contributed by atoms with Gasteiger partial charge in [-0.05, 0) is 19.4 Å². The number of aliphatic carboxylic acids is 2. The second kappa shape index (κ2) is 16.4. The second-order valence-electron chi connectivity index (χ2n) is 7.96. The van der Waals surface area contributed by atoms with Gasteiger partial charge in [0.2, 0.25) is 11.8 Å². The van der Waals surface area contributed by atoms with Crippen LogP contribution in [-0.2, 0) is 35.2 Å². The van der Waals surface area contributed by atoms with Gasteiger partial charge in [-0.3, -0.25) is 28.8 Å². The predicted octanol–water partition coefficient (Wildman–Crippen LogP) is -1.60. The summed E-state index contributed by atoms with van der Waals surface area (Å²) in [6.45, 7) is -0.365. The van der Waals surface area contributed by atoms with Crippen LogP contribution in [0.4, 0.5) is 0 Å². The Morgan fingerprint density at radius 1 is 1.14 bits per heavy atom. The highest BCUT2D eigenvalue weighted by atomic mass is 32.2. The van der Waals surface area contributed by atoms with E-state index in [4.69, 9.17) is 21.7 Å². The Balaban J connectivity index is 2.86. The second-order valence-corrected chi connectivity index (χ2v) is 8.98. The van der Waals surface area contributed by atoms with E-state index < -0.39 is 53.4 Å². The number of hydrogen-bond acceptors (Lipinski definition) is 10. The fraction of sp³-hybridized carbons (Fsp3) is 0.571. The van der Waals surface area contributed by atoms with Gasteiger partial charge < -0.3 is 37.3 Å². The molecule has 36 heavy (non-hydrogen) atoms. The number of aromatic amines is 1. The maximum atomic E-state index is 13.0. The normalized spacial score (nSPS) is 13.3. The summed E-state index contributed by atoms with van der Waals surface area (Å²) in [5, 5.41) is 21.8. The summed E-state index contributed by atoms with van der Waals surface area (Å²) in [4.78, 5) is 78.4. The molecule has 9 N–H and O–H groups in total. The molecule has 2 amide bonds. The fourth-order valence-electron chi connectivity index (χ4n) is 3.01. The molecule has 1 rings (SSSR count). The Kier molecular flexibility index (Phi) is 14.0. The smallest absolute Gasteiger partial charge is 0.322 e. The third kappa shape index (κ3) is 12.4. The highest BCUT2D eigenvalue weighted by Crippen LogP contribution is 2.21. The van der Waals surface area contributed by atoms with E-state index in [2.05, 4.69) is 20.6 Å². The quantitative estimate of drug-likeness (QED) is 0.114. The molecule has 0 spiro atoms. The number of nitrogens with one attached hydrogen (secondary N) is 3. The minimum atomic E-state index is -1.31. The number of imidazole rings is 1. The minimum Gasteiger partial charge on any atom is -0.480 e. The van der Waals surface area contributed by atoms with Crippen LogP contribution in [-0.4, -0.2) is 85.8 Å². The summed E-state index contributed by atoms with van der Waals surface area (Å²) in [7, 11) is 0. The first-order chi connectivity index (χ1) is 17.0. The number of hydrogen-bond donors (Lipinski definition) is 7. The van der Waals surface area contributed by atoms with Crippen molar-refractivity contribution in [3.8, 4) is 0 Å². The van der Waals surface area contributed by atoms with Crippen LogP contribution in [0.3, 0.4) is 0 Å². The van der Waals surface area contributed by atoms with Crippen molar-refractivity contribution in [2.24, 2.45) is 17.4 Å². The van der Waals surface area contributed by atoms with Crippen molar-refractivity contribution in [3.05, 3.63) is 18.2 Å². The highest BCUT2D eigenvalue weighted by Gasteiger charge is 2.27. The average Bonchev–Trinajstić information content (AvgIpc) is 3.34. The summed E-state index contributed by atoms with van der Waals surface area (Å²) in [5.74, 6) is -5.23. The zero-order chi connectivity index (χ0) is 27.1. The number of thioether (sulfide) groups is 1. The third-order valence-corrected chi connectivity index (χ3v) is 6.06. The summed E-state index contributed by atoms with van der Waals surface area (Å²) in [6, 6.07) is -2.56.